The summed E-state index contributed by atoms with van der Waals surface area (Å²) >= 11 is 0. The highest BCUT2D eigenvalue weighted by molar-refractivity contribution is 7.47. The Balaban J connectivity index is 5.22. The number of hydrogen-bond acceptors (Lipinski definition) is 15. The molecule has 0 aliphatic carbocycles. The summed E-state index contributed by atoms with van der Waals surface area (Å²) in [4.78, 5) is 72.4. The molecule has 0 fully saturated rings. The maximum atomic E-state index is 13.0. The van der Waals surface area contributed by atoms with Gasteiger partial charge in [0.25, 0.3) is 0 Å². The van der Waals surface area contributed by atoms with Crippen molar-refractivity contribution >= 4 is 39.5 Å². The summed E-state index contributed by atoms with van der Waals surface area (Å²) in [5.41, 5.74) is 0. The summed E-state index contributed by atoms with van der Waals surface area (Å²) in [6.45, 7) is 4.91. The van der Waals surface area contributed by atoms with E-state index in [1.807, 2.05) is 0 Å². The summed E-state index contributed by atoms with van der Waals surface area (Å²) in [5.74, 6) is -2.12. The number of ether oxygens (including phenoxy) is 4. The third-order valence-corrected chi connectivity index (χ3v) is 17.8. The predicted octanol–water partition coefficient (Wildman–Crippen LogP) is 19.5. The Labute approximate surface area is 530 Å². The topological polar surface area (TPSA) is 237 Å². The van der Waals surface area contributed by atoms with Crippen molar-refractivity contribution in [2.75, 3.05) is 39.6 Å². The molecule has 87 heavy (non-hydrogen) atoms. The zero-order valence-corrected chi connectivity index (χ0v) is 57.8. The van der Waals surface area contributed by atoms with Crippen LogP contribution in [-0.2, 0) is 65.4 Å². The number of carbonyl (C=O) groups is 4. The van der Waals surface area contributed by atoms with Gasteiger partial charge in [0.1, 0.15) is 19.3 Å². The molecule has 0 aliphatic heterocycles. The van der Waals surface area contributed by atoms with E-state index in [0.29, 0.717) is 25.7 Å². The van der Waals surface area contributed by atoms with Crippen LogP contribution in [0.25, 0.3) is 0 Å². The highest BCUT2D eigenvalue weighted by Gasteiger charge is 2.30. The molecule has 0 aliphatic rings. The molecule has 516 valence electrons. The Morgan fingerprint density at radius 2 is 0.460 bits per heavy atom. The van der Waals surface area contributed by atoms with Crippen molar-refractivity contribution in [1.82, 2.24) is 0 Å². The van der Waals surface area contributed by atoms with Crippen LogP contribution in [-0.4, -0.2) is 96.7 Å². The molecule has 19 heteroatoms. The molecule has 0 spiro atoms. The minimum atomic E-state index is -4.95. The highest BCUT2D eigenvalue weighted by Crippen LogP contribution is 2.45. The summed E-state index contributed by atoms with van der Waals surface area (Å²) in [6.07, 6.45) is 49.8. The van der Waals surface area contributed by atoms with E-state index >= 15 is 0 Å². The Hall–Kier alpha value is -1.94. The van der Waals surface area contributed by atoms with Crippen LogP contribution in [0.2, 0.25) is 0 Å². The summed E-state index contributed by atoms with van der Waals surface area (Å²) in [6, 6.07) is 0. The standard InChI is InChI=1S/C68H132O17P2/c1-5-9-13-17-21-25-28-30-31-33-35-39-43-47-51-55-68(73)85-64(59-79-66(71)53-49-45-41-38-34-32-29-26-22-18-14-10-6-2)61-83-87(76,77)81-57-62(69)56-80-86(74,75)82-60-63(58-78-65(70)52-48-44-40-36-24-20-16-12-8-4)84-67(72)54-50-46-42-37-27-23-19-15-11-7-3/h62-64,69H,5-61H2,1-4H3,(H,74,75)(H,76,77)/t62-,63+,64+/m0/s1. The normalized spacial score (nSPS) is 14.1. The zero-order valence-electron chi connectivity index (χ0n) is 56.0. The van der Waals surface area contributed by atoms with Crippen LogP contribution >= 0.6 is 15.6 Å². The quantitative estimate of drug-likeness (QED) is 0.0222. The Kier molecular flexibility index (Phi) is 61.4. The second-order valence-electron chi connectivity index (χ2n) is 24.6. The number of aliphatic hydroxyl groups excluding tert-OH is 1. The van der Waals surface area contributed by atoms with Gasteiger partial charge in [-0.1, -0.05) is 304 Å². The van der Waals surface area contributed by atoms with Gasteiger partial charge in [-0.3, -0.25) is 37.3 Å². The zero-order chi connectivity index (χ0) is 64.0. The number of phosphoric ester groups is 2. The van der Waals surface area contributed by atoms with Crippen molar-refractivity contribution in [3.8, 4) is 0 Å². The van der Waals surface area contributed by atoms with Crippen molar-refractivity contribution in [3.63, 3.8) is 0 Å². The summed E-state index contributed by atoms with van der Waals surface area (Å²) in [7, 11) is -9.89. The molecule has 0 aromatic heterocycles. The Morgan fingerprint density at radius 1 is 0.276 bits per heavy atom. The maximum absolute atomic E-state index is 13.0. The molecular formula is C68H132O17P2. The molecule has 0 saturated carbocycles. The van der Waals surface area contributed by atoms with Gasteiger partial charge in [-0.2, -0.15) is 0 Å². The van der Waals surface area contributed by atoms with Crippen LogP contribution < -0.4 is 0 Å². The monoisotopic (exact) mass is 1280 g/mol. The molecule has 0 aromatic carbocycles. The predicted molar refractivity (Wildman–Crippen MR) is 349 cm³/mol. The lowest BCUT2D eigenvalue weighted by Crippen LogP contribution is -2.30. The first kappa shape index (κ1) is 85.1. The van der Waals surface area contributed by atoms with Crippen molar-refractivity contribution in [2.24, 2.45) is 0 Å². The number of carbonyl (C=O) groups excluding carboxylic acids is 4. The van der Waals surface area contributed by atoms with Crippen LogP contribution in [0.1, 0.15) is 355 Å². The van der Waals surface area contributed by atoms with E-state index < -0.39 is 97.5 Å². The molecule has 0 amide bonds. The fraction of sp³-hybridized carbons (Fsp3) is 0.941. The lowest BCUT2D eigenvalue weighted by molar-refractivity contribution is -0.161. The van der Waals surface area contributed by atoms with Gasteiger partial charge in [-0.15, -0.1) is 0 Å². The van der Waals surface area contributed by atoms with Crippen LogP contribution in [0, 0.1) is 0 Å². The largest absolute Gasteiger partial charge is 0.472 e. The van der Waals surface area contributed by atoms with E-state index in [9.17, 15) is 43.2 Å². The fourth-order valence-electron chi connectivity index (χ4n) is 10.3. The second kappa shape index (κ2) is 62.8. The molecule has 0 saturated heterocycles. The van der Waals surface area contributed by atoms with Crippen molar-refractivity contribution in [2.45, 2.75) is 373 Å². The smallest absolute Gasteiger partial charge is 0.462 e. The van der Waals surface area contributed by atoms with Crippen molar-refractivity contribution in [1.29, 1.82) is 0 Å². The lowest BCUT2D eigenvalue weighted by Gasteiger charge is -2.21. The average Bonchev–Trinajstić information content (AvgIpc) is 3.71. The van der Waals surface area contributed by atoms with E-state index in [0.717, 1.165) is 89.9 Å². The van der Waals surface area contributed by atoms with Gasteiger partial charge in [0.15, 0.2) is 12.2 Å². The highest BCUT2D eigenvalue weighted by atomic mass is 31.2. The van der Waals surface area contributed by atoms with Crippen LogP contribution in [0.5, 0.6) is 0 Å². The van der Waals surface area contributed by atoms with E-state index in [1.165, 1.54) is 186 Å². The van der Waals surface area contributed by atoms with Crippen LogP contribution in [0.15, 0.2) is 0 Å². The first-order chi connectivity index (χ1) is 42.2. The van der Waals surface area contributed by atoms with Crippen LogP contribution in [0.3, 0.4) is 0 Å². The number of esters is 4. The fourth-order valence-corrected chi connectivity index (χ4v) is 11.9. The molecule has 3 N–H and O–H groups in total. The first-order valence-corrected chi connectivity index (χ1v) is 38.8. The van der Waals surface area contributed by atoms with Gasteiger partial charge >= 0.3 is 39.5 Å². The third-order valence-electron chi connectivity index (χ3n) is 15.9. The number of rotatable bonds is 69. The molecule has 0 rings (SSSR count). The van der Waals surface area contributed by atoms with Gasteiger partial charge in [-0.05, 0) is 25.7 Å². The van der Waals surface area contributed by atoms with E-state index in [1.54, 1.807) is 0 Å². The molecule has 2 unspecified atom stereocenters. The molecule has 17 nitrogen and oxygen atoms in total. The maximum Gasteiger partial charge on any atom is 0.472 e. The number of hydrogen-bond donors (Lipinski definition) is 3. The van der Waals surface area contributed by atoms with Gasteiger partial charge in [0.2, 0.25) is 0 Å². The first-order valence-electron chi connectivity index (χ1n) is 35.8. The van der Waals surface area contributed by atoms with Gasteiger partial charge in [0.05, 0.1) is 26.4 Å². The van der Waals surface area contributed by atoms with E-state index in [4.69, 9.17) is 37.0 Å². The third kappa shape index (κ3) is 62.6. The summed E-state index contributed by atoms with van der Waals surface area (Å²) in [5, 5.41) is 10.6. The Morgan fingerprint density at radius 3 is 0.678 bits per heavy atom. The minimum absolute atomic E-state index is 0.107. The van der Waals surface area contributed by atoms with Gasteiger partial charge in [0, 0.05) is 25.7 Å². The van der Waals surface area contributed by atoms with Gasteiger partial charge in [-0.25, -0.2) is 9.13 Å². The number of aliphatic hydroxyl groups is 1. The van der Waals surface area contributed by atoms with Crippen LogP contribution in [0.4, 0.5) is 0 Å². The van der Waals surface area contributed by atoms with Gasteiger partial charge < -0.3 is 33.8 Å². The summed E-state index contributed by atoms with van der Waals surface area (Å²) < 4.78 is 68.2. The molecule has 0 bridgehead atoms. The van der Waals surface area contributed by atoms with E-state index in [-0.39, 0.29) is 25.7 Å². The molecule has 0 radical (unpaired) electrons. The number of phosphoric acid groups is 2. The average molecular weight is 1280 g/mol. The number of unbranched alkanes of at least 4 members (excludes halogenated alkanes) is 43. The van der Waals surface area contributed by atoms with Crippen molar-refractivity contribution < 1.29 is 80.2 Å². The molecule has 0 heterocycles. The Bertz CT molecular complexity index is 1670. The SMILES string of the molecule is CCCCCCCCCCCCCCCCCC(=O)O[C@H](COC(=O)CCCCCCCCCCCCCCC)COP(=O)(O)OC[C@@H](O)COP(=O)(O)OC[C@@H](COC(=O)CCCCCCCCCCC)OC(=O)CCCCCCCCCCCC. The van der Waals surface area contributed by atoms with E-state index in [2.05, 4.69) is 27.7 Å². The molecule has 5 atom stereocenters. The molecule has 0 aromatic rings. The second-order valence-corrected chi connectivity index (χ2v) is 27.5. The molecular weight excluding hydrogens is 1150 g/mol. The minimum Gasteiger partial charge on any atom is -0.462 e. The van der Waals surface area contributed by atoms with Crippen molar-refractivity contribution in [3.05, 3.63) is 0 Å². The lowest BCUT2D eigenvalue weighted by atomic mass is 10.0.